The highest BCUT2D eigenvalue weighted by molar-refractivity contribution is 5.38. The number of rotatable bonds is 37. The van der Waals surface area contributed by atoms with Gasteiger partial charge in [0.25, 0.3) is 0 Å². The van der Waals surface area contributed by atoms with Crippen molar-refractivity contribution >= 4 is 0 Å². The Hall–Kier alpha value is -8.00. The molecule has 12 atom stereocenters. The van der Waals surface area contributed by atoms with Gasteiger partial charge in [-0.05, 0) is 281 Å². The molecule has 8 aliphatic rings. The fourth-order valence-corrected chi connectivity index (χ4v) is 19.7. The second-order valence-corrected chi connectivity index (χ2v) is 37.2. The van der Waals surface area contributed by atoms with Crippen LogP contribution in [-0.4, -0.2) is 69.9 Å². The van der Waals surface area contributed by atoms with E-state index in [-0.39, 0.29) is 36.7 Å². The summed E-state index contributed by atoms with van der Waals surface area (Å²) in [4.78, 5) is 0. The van der Waals surface area contributed by atoms with Crippen molar-refractivity contribution in [2.24, 2.45) is 46.8 Å². The normalized spacial score (nSPS) is 22.5. The molecule has 7 fully saturated rings. The third-order valence-corrected chi connectivity index (χ3v) is 28.1. The standard InChI is InChI=1S/C29H38O3.C26H42O2.C25H34O3.C21H26O3.C10H14O/c1-3-21(2)25-9-11-27(12-10-25)32-28(31-14-13-30-26-7-5-4-6-8-26)29-18-22-15-23(19-29)17-24(16-22)20-29;1-4-20(2)23-14-16-24(17-15-23)28-26(25-13-9-8-10-21(25)3)27-19-18-22-11-6-5-7-12-22;1-3-20(2)21-14-16-24(17-15-21)28-25(22-10-6-4-7-11-22)27-19-18-26-23-12-8-5-9-13-23;1-4-15(2)17-9-11-18(12-10-17)23-16(3)24-21-13-14-22-20-8-6-5-7-19(20)21;1-3-8(2)9-4-6-10(11)7-5-9/h4-12,21-24,28H,3,13-20H2,1-2H3;14-17,20-22,25-26H,4-13,18-19H2,1-3H3;5,8-9,12-17,20,22,25H,3-4,6-7,10-11,18-19H2,1-2H3;5-12,15-16,21H,4,13-14H2,1-3H3;4-8,11H,3H2,1-2H3. The molecule has 4 bridgehead atoms. The molecule has 0 radical (unpaired) electrons. The Bertz CT molecular complexity index is 4110. The summed E-state index contributed by atoms with van der Waals surface area (Å²) in [5, 5.41) is 9.01. The number of ether oxygens (including phenoxy) is 11. The summed E-state index contributed by atoms with van der Waals surface area (Å²) in [5.74, 6) is 14.7. The molecule has 0 aromatic heterocycles. The van der Waals surface area contributed by atoms with Gasteiger partial charge >= 0.3 is 0 Å². The van der Waals surface area contributed by atoms with Crippen LogP contribution in [0.4, 0.5) is 0 Å². The zero-order valence-electron chi connectivity index (χ0n) is 77.2. The first-order chi connectivity index (χ1) is 60.0. The maximum absolute atomic E-state index is 9.01. The summed E-state index contributed by atoms with van der Waals surface area (Å²) in [6.07, 6.45) is 33.5. The number of hydrogen-bond donors (Lipinski definition) is 1. The van der Waals surface area contributed by atoms with E-state index >= 15 is 0 Å². The summed E-state index contributed by atoms with van der Waals surface area (Å²) in [7, 11) is 0. The summed E-state index contributed by atoms with van der Waals surface area (Å²) < 4.78 is 67.9. The van der Waals surface area contributed by atoms with E-state index < -0.39 is 0 Å². The summed E-state index contributed by atoms with van der Waals surface area (Å²) in [5.41, 5.74) is 8.05. The topological polar surface area (TPSA) is 122 Å². The SMILES string of the molecule is CCC(C)c1ccc(O)cc1.CCC(C)c1ccc(OC(C)OC2CCOc3ccccc32)cc1.CCC(C)c1ccc(OC(OCCC2CCCCC2)C2CCCCC2C)cc1.CCC(C)c1ccc(OC(OCCOc2ccccc2)C23CC4CC(CC(C4)C2)C3)cc1.CCC(C)c1ccc(OC(OCCOc2ccccc2)C2CCCCC2)cc1. The zero-order chi connectivity index (χ0) is 86.6. The first kappa shape index (κ1) is 95.7. The minimum atomic E-state index is -0.310. The molecule has 1 heterocycles. The van der Waals surface area contributed by atoms with Crippen LogP contribution >= 0.6 is 0 Å². The number of aromatic hydroxyl groups is 1. The number of phenolic OH excluding ortho intramolecular Hbond substituents is 1. The van der Waals surface area contributed by atoms with Crippen LogP contribution < -0.4 is 33.2 Å². The van der Waals surface area contributed by atoms with E-state index in [1.807, 2.05) is 110 Å². The lowest BCUT2D eigenvalue weighted by Crippen LogP contribution is -2.54. The first-order valence-electron chi connectivity index (χ1n) is 48.4. The lowest BCUT2D eigenvalue weighted by atomic mass is 9.49. The second kappa shape index (κ2) is 51.0. The third kappa shape index (κ3) is 30.4. The van der Waals surface area contributed by atoms with Crippen LogP contribution in [0, 0.1) is 46.8 Å². The molecule has 670 valence electrons. The molecule has 8 aromatic rings. The lowest BCUT2D eigenvalue weighted by Gasteiger charge is -2.58. The molecular formula is C111H154O12. The fourth-order valence-electron chi connectivity index (χ4n) is 19.7. The summed E-state index contributed by atoms with van der Waals surface area (Å²) >= 11 is 0. The predicted octanol–water partition coefficient (Wildman–Crippen LogP) is 29.9. The van der Waals surface area contributed by atoms with Gasteiger partial charge in [-0.3, -0.25) is 0 Å². The largest absolute Gasteiger partial charge is 0.508 e. The van der Waals surface area contributed by atoms with Crippen LogP contribution in [0.3, 0.4) is 0 Å². The van der Waals surface area contributed by atoms with Crippen molar-refractivity contribution < 1.29 is 57.2 Å². The van der Waals surface area contributed by atoms with E-state index in [1.165, 1.54) is 169 Å². The molecule has 1 aliphatic heterocycles. The van der Waals surface area contributed by atoms with Gasteiger partial charge in [-0.15, -0.1) is 0 Å². The number of para-hydroxylation sites is 3. The molecule has 123 heavy (non-hydrogen) atoms. The van der Waals surface area contributed by atoms with Crippen molar-refractivity contribution in [2.45, 2.75) is 317 Å². The smallest absolute Gasteiger partial charge is 0.205 e. The Morgan fingerprint density at radius 2 is 0.772 bits per heavy atom. The van der Waals surface area contributed by atoms with Crippen molar-refractivity contribution in [1.29, 1.82) is 0 Å². The predicted molar refractivity (Wildman–Crippen MR) is 502 cm³/mol. The Balaban J connectivity index is 0.000000154. The summed E-state index contributed by atoms with van der Waals surface area (Å²) in [6, 6.07) is 69.7. The van der Waals surface area contributed by atoms with Gasteiger partial charge in [-0.1, -0.05) is 262 Å². The van der Waals surface area contributed by atoms with E-state index in [0.717, 1.165) is 108 Å². The maximum Gasteiger partial charge on any atom is 0.205 e. The van der Waals surface area contributed by atoms with Gasteiger partial charge in [0.1, 0.15) is 59.2 Å². The first-order valence-corrected chi connectivity index (χ1v) is 48.4. The van der Waals surface area contributed by atoms with Crippen LogP contribution in [0.5, 0.6) is 46.0 Å². The molecular weight excluding hydrogens is 1530 g/mol. The number of fused-ring (bicyclic) bond motifs is 1. The quantitative estimate of drug-likeness (QED) is 0.0295. The second-order valence-electron chi connectivity index (χ2n) is 37.2. The van der Waals surface area contributed by atoms with Crippen LogP contribution in [0.15, 0.2) is 206 Å². The van der Waals surface area contributed by atoms with Gasteiger partial charge < -0.3 is 57.2 Å². The third-order valence-electron chi connectivity index (χ3n) is 28.1. The molecule has 0 spiro atoms. The van der Waals surface area contributed by atoms with Crippen molar-refractivity contribution in [3.63, 3.8) is 0 Å². The van der Waals surface area contributed by atoms with Gasteiger partial charge in [0.2, 0.25) is 18.9 Å². The minimum Gasteiger partial charge on any atom is -0.508 e. The zero-order valence-corrected chi connectivity index (χ0v) is 77.2. The molecule has 16 rings (SSSR count). The van der Waals surface area contributed by atoms with Gasteiger partial charge in [0, 0.05) is 29.2 Å². The minimum absolute atomic E-state index is 0.0179. The monoisotopic (exact) mass is 1680 g/mol. The van der Waals surface area contributed by atoms with E-state index in [1.54, 1.807) is 12.1 Å². The van der Waals surface area contributed by atoms with Crippen LogP contribution in [0.1, 0.15) is 326 Å². The van der Waals surface area contributed by atoms with Crippen LogP contribution in [0.25, 0.3) is 0 Å². The van der Waals surface area contributed by atoms with E-state index in [2.05, 4.69) is 167 Å². The molecule has 7 aliphatic carbocycles. The number of benzene rings is 8. The fraction of sp³-hybridized carbons (Fsp3) is 0.568. The molecule has 1 N–H and O–H groups in total. The van der Waals surface area contributed by atoms with Crippen LogP contribution in [-0.2, 0) is 18.9 Å². The Morgan fingerprint density at radius 3 is 1.24 bits per heavy atom. The van der Waals surface area contributed by atoms with Gasteiger partial charge in [0.05, 0.1) is 32.5 Å². The van der Waals surface area contributed by atoms with E-state index in [0.29, 0.717) is 86.1 Å². The molecule has 0 amide bonds. The molecule has 7 saturated carbocycles. The molecule has 12 unspecified atom stereocenters. The Kier molecular flexibility index (Phi) is 39.6. The summed E-state index contributed by atoms with van der Waals surface area (Å²) in [6.45, 7) is 30.3. The highest BCUT2D eigenvalue weighted by atomic mass is 16.7. The van der Waals surface area contributed by atoms with Gasteiger partial charge in [-0.2, -0.15) is 0 Å². The lowest BCUT2D eigenvalue weighted by molar-refractivity contribution is -0.217. The Morgan fingerprint density at radius 1 is 0.374 bits per heavy atom. The average Bonchev–Trinajstić information content (AvgIpc) is 0.736. The van der Waals surface area contributed by atoms with Crippen molar-refractivity contribution in [3.8, 4) is 46.0 Å². The number of hydrogen-bond acceptors (Lipinski definition) is 12. The van der Waals surface area contributed by atoms with Crippen molar-refractivity contribution in [1.82, 2.24) is 0 Å². The molecule has 12 nitrogen and oxygen atoms in total. The Labute approximate surface area is 742 Å². The molecule has 8 aromatic carbocycles. The highest BCUT2D eigenvalue weighted by Crippen LogP contribution is 2.62. The maximum atomic E-state index is 9.01. The van der Waals surface area contributed by atoms with Crippen molar-refractivity contribution in [2.75, 3.05) is 39.6 Å². The van der Waals surface area contributed by atoms with Crippen LogP contribution in [0.2, 0.25) is 0 Å². The molecule has 0 saturated heterocycles. The molecule has 12 heteroatoms. The highest BCUT2D eigenvalue weighted by Gasteiger charge is 2.56. The van der Waals surface area contributed by atoms with E-state index in [9.17, 15) is 0 Å². The van der Waals surface area contributed by atoms with Gasteiger partial charge in [0.15, 0.2) is 6.29 Å². The average molecular weight is 1680 g/mol. The van der Waals surface area contributed by atoms with E-state index in [4.69, 9.17) is 57.2 Å². The van der Waals surface area contributed by atoms with Crippen molar-refractivity contribution in [3.05, 3.63) is 240 Å². The number of phenols is 1. The van der Waals surface area contributed by atoms with Gasteiger partial charge in [-0.25, -0.2) is 0 Å².